The lowest BCUT2D eigenvalue weighted by atomic mass is 9.83. The van der Waals surface area contributed by atoms with Gasteiger partial charge in [-0.2, -0.15) is 0 Å². The quantitative estimate of drug-likeness (QED) is 0.528. The van der Waals surface area contributed by atoms with E-state index in [0.29, 0.717) is 27.0 Å². The number of hydrogen-bond donors (Lipinski definition) is 3. The Bertz CT molecular complexity index is 1150. The van der Waals surface area contributed by atoms with Crippen molar-refractivity contribution in [2.24, 2.45) is 5.92 Å². The molecule has 2 aromatic heterocycles. The number of fused-ring (bicyclic) bond motifs is 2. The molecule has 0 radical (unpaired) electrons. The molecule has 4 rings (SSSR count). The highest BCUT2D eigenvalue weighted by atomic mass is 35.5. The number of carbonyl (C=O) groups excluding carboxylic acids is 3. The fraction of sp³-hybridized carbons (Fsp3) is 0.286. The van der Waals surface area contributed by atoms with Crippen LogP contribution in [-0.4, -0.2) is 35.2 Å². The van der Waals surface area contributed by atoms with Gasteiger partial charge in [-0.05, 0) is 31.4 Å². The van der Waals surface area contributed by atoms with Crippen molar-refractivity contribution in [2.75, 3.05) is 6.54 Å². The summed E-state index contributed by atoms with van der Waals surface area (Å²) in [6, 6.07) is 8.45. The van der Waals surface area contributed by atoms with E-state index in [0.717, 1.165) is 22.2 Å². The Hall–Kier alpha value is -2.35. The molecule has 0 saturated heterocycles. The van der Waals surface area contributed by atoms with Crippen molar-refractivity contribution < 1.29 is 14.4 Å². The summed E-state index contributed by atoms with van der Waals surface area (Å²) in [5.41, 5.74) is 2.69. The largest absolute Gasteiger partial charge is 0.354 e. The summed E-state index contributed by atoms with van der Waals surface area (Å²) in [6.45, 7) is 1.85. The van der Waals surface area contributed by atoms with Crippen molar-refractivity contribution in [1.82, 2.24) is 15.6 Å². The summed E-state index contributed by atoms with van der Waals surface area (Å²) in [7, 11) is 0. The second-order valence-electron chi connectivity index (χ2n) is 7.31. The maximum Gasteiger partial charge on any atom is 0.268 e. The number of H-pyrrole nitrogens is 1. The summed E-state index contributed by atoms with van der Waals surface area (Å²) in [5.74, 6) is -0.968. The zero-order chi connectivity index (χ0) is 21.4. The van der Waals surface area contributed by atoms with Gasteiger partial charge in [0.15, 0.2) is 5.78 Å². The Morgan fingerprint density at radius 3 is 2.83 bits per heavy atom. The molecule has 2 unspecified atom stereocenters. The smallest absolute Gasteiger partial charge is 0.268 e. The summed E-state index contributed by atoms with van der Waals surface area (Å²) in [6.07, 6.45) is 1.50. The van der Waals surface area contributed by atoms with Gasteiger partial charge in [0.25, 0.3) is 5.91 Å². The molecular weight excluding hydrogens is 445 g/mol. The average Bonchev–Trinajstić information content (AvgIpc) is 3.26. The first-order valence-electron chi connectivity index (χ1n) is 9.52. The number of thiophene rings is 1. The minimum Gasteiger partial charge on any atom is -0.354 e. The lowest BCUT2D eigenvalue weighted by Gasteiger charge is -2.24. The molecule has 1 aromatic carbocycles. The van der Waals surface area contributed by atoms with Gasteiger partial charge in [0.1, 0.15) is 16.1 Å². The molecule has 6 nitrogen and oxygen atoms in total. The first-order chi connectivity index (χ1) is 14.3. The summed E-state index contributed by atoms with van der Waals surface area (Å²) in [4.78, 5) is 40.5. The van der Waals surface area contributed by atoms with E-state index >= 15 is 0 Å². The van der Waals surface area contributed by atoms with Crippen LogP contribution < -0.4 is 10.6 Å². The molecular formula is C21H19Cl2N3O3S. The third-order valence-corrected chi connectivity index (χ3v) is 7.23. The van der Waals surface area contributed by atoms with Gasteiger partial charge in [-0.3, -0.25) is 14.4 Å². The van der Waals surface area contributed by atoms with Crippen LogP contribution >= 0.6 is 34.5 Å². The molecule has 1 aliphatic rings. The number of amides is 2. The highest BCUT2D eigenvalue weighted by Gasteiger charge is 2.28. The van der Waals surface area contributed by atoms with Gasteiger partial charge in [-0.25, -0.2) is 0 Å². The van der Waals surface area contributed by atoms with Crippen molar-refractivity contribution in [2.45, 2.75) is 25.8 Å². The maximum atomic E-state index is 12.6. The monoisotopic (exact) mass is 463 g/mol. The number of carbonyl (C=O) groups is 3. The van der Waals surface area contributed by atoms with E-state index in [9.17, 15) is 14.4 Å². The van der Waals surface area contributed by atoms with Gasteiger partial charge < -0.3 is 15.6 Å². The zero-order valence-corrected chi connectivity index (χ0v) is 18.4. The van der Waals surface area contributed by atoms with Crippen LogP contribution in [0.5, 0.6) is 0 Å². The van der Waals surface area contributed by atoms with Crippen LogP contribution in [-0.2, 0) is 11.2 Å². The van der Waals surface area contributed by atoms with Gasteiger partial charge >= 0.3 is 0 Å². The summed E-state index contributed by atoms with van der Waals surface area (Å²) >= 11 is 13.3. The van der Waals surface area contributed by atoms with Crippen LogP contribution in [0.1, 0.15) is 39.8 Å². The SMILES string of the molecule is CC(NC(=O)c1cc2sc(Cl)c(Cl)c2[nH]1)C(=O)NCC1CCc2ccccc2C1=O. The van der Waals surface area contributed by atoms with E-state index in [-0.39, 0.29) is 24.2 Å². The van der Waals surface area contributed by atoms with E-state index in [2.05, 4.69) is 15.6 Å². The van der Waals surface area contributed by atoms with Crippen molar-refractivity contribution in [3.8, 4) is 0 Å². The van der Waals surface area contributed by atoms with E-state index in [1.54, 1.807) is 13.0 Å². The fourth-order valence-corrected chi connectivity index (χ4v) is 5.09. The number of hydrogen-bond acceptors (Lipinski definition) is 4. The number of Topliss-reactive ketones (excluding diaryl/α,β-unsaturated/α-hetero) is 1. The van der Waals surface area contributed by atoms with Crippen LogP contribution in [0.4, 0.5) is 0 Å². The van der Waals surface area contributed by atoms with Crippen molar-refractivity contribution >= 4 is 62.4 Å². The Kier molecular flexibility index (Phi) is 5.86. The minimum absolute atomic E-state index is 0.0517. The molecule has 9 heteroatoms. The van der Waals surface area contributed by atoms with E-state index < -0.39 is 11.9 Å². The third kappa shape index (κ3) is 3.97. The Morgan fingerprint density at radius 2 is 2.07 bits per heavy atom. The standard InChI is InChI=1S/C21H19Cl2N3O3S/c1-10(25-21(29)14-8-15-17(26-14)16(22)19(23)30-15)20(28)24-9-12-7-6-11-4-2-3-5-13(11)18(12)27/h2-5,8,10,12,26H,6-7,9H2,1H3,(H,24,28)(H,25,29). The van der Waals surface area contributed by atoms with Gasteiger partial charge in [0.2, 0.25) is 5.91 Å². The number of halogens is 2. The predicted molar refractivity (Wildman–Crippen MR) is 119 cm³/mol. The first kappa shape index (κ1) is 20.9. The van der Waals surface area contributed by atoms with Crippen molar-refractivity contribution in [3.63, 3.8) is 0 Å². The van der Waals surface area contributed by atoms with Gasteiger partial charge in [0, 0.05) is 18.0 Å². The number of nitrogens with one attached hydrogen (secondary N) is 3. The highest BCUT2D eigenvalue weighted by Crippen LogP contribution is 2.38. The summed E-state index contributed by atoms with van der Waals surface area (Å²) < 4.78 is 1.22. The van der Waals surface area contributed by atoms with E-state index in [4.69, 9.17) is 23.2 Å². The van der Waals surface area contributed by atoms with Crippen molar-refractivity contribution in [3.05, 3.63) is 56.5 Å². The normalized spacial score (nSPS) is 16.9. The molecule has 30 heavy (non-hydrogen) atoms. The molecule has 3 aromatic rings. The molecule has 3 N–H and O–H groups in total. The number of benzene rings is 1. The van der Waals surface area contributed by atoms with Crippen LogP contribution in [0, 0.1) is 5.92 Å². The van der Waals surface area contributed by atoms with Crippen LogP contribution in [0.15, 0.2) is 30.3 Å². The molecule has 1 aliphatic carbocycles. The number of aryl methyl sites for hydroxylation is 1. The minimum atomic E-state index is -0.760. The molecule has 156 valence electrons. The molecule has 2 atom stereocenters. The molecule has 0 aliphatic heterocycles. The van der Waals surface area contributed by atoms with Gasteiger partial charge in [-0.1, -0.05) is 47.5 Å². The van der Waals surface area contributed by atoms with Crippen LogP contribution in [0.3, 0.4) is 0 Å². The Balaban J connectivity index is 1.33. The lowest BCUT2D eigenvalue weighted by molar-refractivity contribution is -0.122. The second kappa shape index (κ2) is 8.41. The molecule has 0 saturated carbocycles. The third-order valence-electron chi connectivity index (χ3n) is 5.30. The maximum absolute atomic E-state index is 12.6. The van der Waals surface area contributed by atoms with Gasteiger partial charge in [0.05, 0.1) is 15.2 Å². The molecule has 0 bridgehead atoms. The summed E-state index contributed by atoms with van der Waals surface area (Å²) in [5, 5.41) is 5.82. The second-order valence-corrected chi connectivity index (χ2v) is 9.34. The van der Waals surface area contributed by atoms with Crippen molar-refractivity contribution in [1.29, 1.82) is 0 Å². The number of aromatic nitrogens is 1. The molecule has 2 heterocycles. The Morgan fingerprint density at radius 1 is 1.30 bits per heavy atom. The van der Waals surface area contributed by atoms with Gasteiger partial charge in [-0.15, -0.1) is 11.3 Å². The molecule has 2 amide bonds. The van der Waals surface area contributed by atoms with Crippen LogP contribution in [0.2, 0.25) is 9.36 Å². The fourth-order valence-electron chi connectivity index (χ4n) is 3.61. The lowest BCUT2D eigenvalue weighted by Crippen LogP contribution is -2.47. The average molecular weight is 464 g/mol. The van der Waals surface area contributed by atoms with E-state index in [1.165, 1.54) is 11.3 Å². The molecule has 0 fully saturated rings. The highest BCUT2D eigenvalue weighted by molar-refractivity contribution is 7.23. The predicted octanol–water partition coefficient (Wildman–Crippen LogP) is 4.22. The van der Waals surface area contributed by atoms with E-state index in [1.807, 2.05) is 24.3 Å². The Labute approximate surface area is 186 Å². The number of aromatic amines is 1. The van der Waals surface area contributed by atoms with Crippen LogP contribution in [0.25, 0.3) is 10.2 Å². The number of rotatable bonds is 5. The molecule has 0 spiro atoms. The number of ketones is 1. The first-order valence-corrected chi connectivity index (χ1v) is 11.1. The topological polar surface area (TPSA) is 91.1 Å². The zero-order valence-electron chi connectivity index (χ0n) is 16.1.